The summed E-state index contributed by atoms with van der Waals surface area (Å²) in [4.78, 5) is 18.0. The second-order valence-electron chi connectivity index (χ2n) is 7.91. The summed E-state index contributed by atoms with van der Waals surface area (Å²) in [6, 6.07) is 20.7. The first-order chi connectivity index (χ1) is 14.3. The smallest absolute Gasteiger partial charge is 0.274 e. The van der Waals surface area contributed by atoms with Crippen LogP contribution in [-0.2, 0) is 6.54 Å². The van der Waals surface area contributed by atoms with E-state index in [1.54, 1.807) is 0 Å². The van der Waals surface area contributed by atoms with Gasteiger partial charge in [-0.05, 0) is 12.0 Å². The molecule has 2 aromatic carbocycles. The molecule has 0 N–H and O–H groups in total. The van der Waals surface area contributed by atoms with Gasteiger partial charge in [0.25, 0.3) is 5.91 Å². The molecule has 29 heavy (non-hydrogen) atoms. The second-order valence-corrected chi connectivity index (χ2v) is 7.91. The molecule has 0 aliphatic carbocycles. The van der Waals surface area contributed by atoms with Gasteiger partial charge in [0.15, 0.2) is 5.69 Å². The zero-order chi connectivity index (χ0) is 19.8. The van der Waals surface area contributed by atoms with E-state index in [-0.39, 0.29) is 18.0 Å². The predicted octanol–water partition coefficient (Wildman–Crippen LogP) is 3.24. The lowest BCUT2D eigenvalue weighted by molar-refractivity contribution is 0.0564. The van der Waals surface area contributed by atoms with Crippen LogP contribution in [0.15, 0.2) is 60.7 Å². The van der Waals surface area contributed by atoms with Gasteiger partial charge in [0.05, 0.1) is 12.1 Å². The van der Waals surface area contributed by atoms with Gasteiger partial charge in [-0.2, -0.15) is 0 Å². The van der Waals surface area contributed by atoms with Crippen molar-refractivity contribution < 1.29 is 4.79 Å². The van der Waals surface area contributed by atoms with Crippen molar-refractivity contribution in [3.63, 3.8) is 0 Å². The average molecular weight is 387 g/mol. The number of carbonyl (C=O) groups excluding carboxylic acids is 1. The topological polar surface area (TPSA) is 54.3 Å². The first-order valence-corrected chi connectivity index (χ1v) is 10.3. The fourth-order valence-electron chi connectivity index (χ4n) is 4.67. The Hall–Kier alpha value is -2.99. The molecule has 6 nitrogen and oxygen atoms in total. The molecule has 6 heteroatoms. The minimum atomic E-state index is 0.0542. The summed E-state index contributed by atoms with van der Waals surface area (Å²) >= 11 is 0. The van der Waals surface area contributed by atoms with E-state index in [4.69, 9.17) is 0 Å². The number of aromatic nitrogens is 3. The molecule has 1 fully saturated rings. The number of likely N-dealkylation sites (tertiary alicyclic amines) is 1. The van der Waals surface area contributed by atoms with E-state index in [0.717, 1.165) is 38.2 Å². The third-order valence-electron chi connectivity index (χ3n) is 5.97. The molecule has 0 bridgehead atoms. The zero-order valence-electron chi connectivity index (χ0n) is 16.6. The standard InChI is InChI=1S/C23H25N5O/c1-2-13-27-19-15-26(14-17-9-5-3-6-10-17)16-20(19)28-22(23(27)29)21(24-25-28)18-11-7-4-8-12-18/h3-12,19-20H,2,13-16H2,1H3/t19-,20+/m0/s1. The third-order valence-corrected chi connectivity index (χ3v) is 5.97. The van der Waals surface area contributed by atoms with Crippen LogP contribution in [0.25, 0.3) is 11.3 Å². The van der Waals surface area contributed by atoms with Gasteiger partial charge in [-0.3, -0.25) is 9.69 Å². The van der Waals surface area contributed by atoms with E-state index in [1.807, 2.05) is 41.1 Å². The molecule has 3 aromatic rings. The molecule has 0 unspecified atom stereocenters. The van der Waals surface area contributed by atoms with Crippen molar-refractivity contribution in [1.29, 1.82) is 0 Å². The Morgan fingerprint density at radius 1 is 0.966 bits per heavy atom. The third kappa shape index (κ3) is 3.13. The van der Waals surface area contributed by atoms with E-state index >= 15 is 0 Å². The molecule has 5 rings (SSSR count). The number of fused-ring (bicyclic) bond motifs is 3. The first-order valence-electron chi connectivity index (χ1n) is 10.3. The number of rotatable bonds is 5. The number of hydrogen-bond acceptors (Lipinski definition) is 4. The van der Waals surface area contributed by atoms with Crippen molar-refractivity contribution in [2.45, 2.75) is 32.0 Å². The summed E-state index contributed by atoms with van der Waals surface area (Å²) in [5.74, 6) is 0.0542. The Labute approximate surface area is 170 Å². The van der Waals surface area contributed by atoms with Gasteiger partial charge < -0.3 is 4.90 Å². The Kier molecular flexibility index (Phi) is 4.64. The number of carbonyl (C=O) groups is 1. The molecule has 2 aliphatic heterocycles. The highest BCUT2D eigenvalue weighted by molar-refractivity contribution is 5.99. The van der Waals surface area contributed by atoms with Gasteiger partial charge in [-0.1, -0.05) is 72.8 Å². The minimum Gasteiger partial charge on any atom is -0.331 e. The maximum absolute atomic E-state index is 13.5. The maximum Gasteiger partial charge on any atom is 0.274 e. The molecule has 1 amide bonds. The Bertz CT molecular complexity index is 1000. The fraction of sp³-hybridized carbons (Fsp3) is 0.348. The number of benzene rings is 2. The van der Waals surface area contributed by atoms with Crippen LogP contribution < -0.4 is 0 Å². The SMILES string of the molecule is CCCN1C(=O)c2c(-c3ccccc3)nnn2[C@@H]2CN(Cc3ccccc3)C[C@@H]21. The lowest BCUT2D eigenvalue weighted by atomic mass is 10.0. The van der Waals surface area contributed by atoms with Gasteiger partial charge >= 0.3 is 0 Å². The number of nitrogens with zero attached hydrogens (tertiary/aromatic N) is 5. The summed E-state index contributed by atoms with van der Waals surface area (Å²) in [6.07, 6.45) is 0.940. The van der Waals surface area contributed by atoms with Crippen LogP contribution in [0.1, 0.15) is 35.4 Å². The monoisotopic (exact) mass is 387 g/mol. The lowest BCUT2D eigenvalue weighted by Gasteiger charge is -2.37. The lowest BCUT2D eigenvalue weighted by Crippen LogP contribution is -2.51. The Morgan fingerprint density at radius 3 is 2.38 bits per heavy atom. The maximum atomic E-state index is 13.5. The molecular formula is C23H25N5O. The van der Waals surface area contributed by atoms with E-state index in [9.17, 15) is 4.79 Å². The molecule has 3 heterocycles. The highest BCUT2D eigenvalue weighted by Crippen LogP contribution is 2.36. The summed E-state index contributed by atoms with van der Waals surface area (Å²) < 4.78 is 1.90. The predicted molar refractivity (Wildman–Crippen MR) is 111 cm³/mol. The first kappa shape index (κ1) is 18.1. The normalized spacial score (nSPS) is 21.3. The highest BCUT2D eigenvalue weighted by atomic mass is 16.2. The van der Waals surface area contributed by atoms with Gasteiger partial charge in [0, 0.05) is 31.7 Å². The van der Waals surface area contributed by atoms with Crippen molar-refractivity contribution in [2.75, 3.05) is 19.6 Å². The van der Waals surface area contributed by atoms with Crippen LogP contribution in [0, 0.1) is 0 Å². The number of amides is 1. The molecular weight excluding hydrogens is 362 g/mol. The Balaban J connectivity index is 1.50. The van der Waals surface area contributed by atoms with Crippen LogP contribution >= 0.6 is 0 Å². The largest absolute Gasteiger partial charge is 0.331 e. The van der Waals surface area contributed by atoms with Crippen LogP contribution in [0.2, 0.25) is 0 Å². The van der Waals surface area contributed by atoms with Crippen molar-refractivity contribution in [2.24, 2.45) is 0 Å². The second kappa shape index (κ2) is 7.44. The van der Waals surface area contributed by atoms with Gasteiger partial charge in [-0.15, -0.1) is 5.10 Å². The summed E-state index contributed by atoms with van der Waals surface area (Å²) in [6.45, 7) is 5.51. The van der Waals surface area contributed by atoms with Gasteiger partial charge in [0.1, 0.15) is 5.69 Å². The molecule has 2 atom stereocenters. The van der Waals surface area contributed by atoms with Crippen molar-refractivity contribution >= 4 is 5.91 Å². The van der Waals surface area contributed by atoms with Crippen molar-refractivity contribution in [3.8, 4) is 11.3 Å². The molecule has 2 aliphatic rings. The minimum absolute atomic E-state index is 0.0542. The van der Waals surface area contributed by atoms with E-state index < -0.39 is 0 Å². The summed E-state index contributed by atoms with van der Waals surface area (Å²) in [5, 5.41) is 8.88. The fourth-order valence-corrected chi connectivity index (χ4v) is 4.67. The molecule has 0 radical (unpaired) electrons. The summed E-state index contributed by atoms with van der Waals surface area (Å²) in [5.41, 5.74) is 3.56. The molecule has 148 valence electrons. The van der Waals surface area contributed by atoms with Gasteiger partial charge in [-0.25, -0.2) is 4.68 Å². The molecule has 1 saturated heterocycles. The quantitative estimate of drug-likeness (QED) is 0.674. The van der Waals surface area contributed by atoms with E-state index in [2.05, 4.69) is 51.3 Å². The molecule has 0 spiro atoms. The average Bonchev–Trinajstić information content (AvgIpc) is 3.37. The molecule has 0 saturated carbocycles. The zero-order valence-corrected chi connectivity index (χ0v) is 16.6. The van der Waals surface area contributed by atoms with E-state index in [0.29, 0.717) is 11.4 Å². The summed E-state index contributed by atoms with van der Waals surface area (Å²) in [7, 11) is 0. The number of hydrogen-bond donors (Lipinski definition) is 0. The Morgan fingerprint density at radius 2 is 1.66 bits per heavy atom. The van der Waals surface area contributed by atoms with Crippen molar-refractivity contribution in [1.82, 2.24) is 24.8 Å². The molecule has 1 aromatic heterocycles. The highest BCUT2D eigenvalue weighted by Gasteiger charge is 2.47. The van der Waals surface area contributed by atoms with Crippen LogP contribution in [0.4, 0.5) is 0 Å². The van der Waals surface area contributed by atoms with Crippen LogP contribution in [-0.4, -0.2) is 56.4 Å². The van der Waals surface area contributed by atoms with Crippen molar-refractivity contribution in [3.05, 3.63) is 71.9 Å². The van der Waals surface area contributed by atoms with Crippen LogP contribution in [0.5, 0.6) is 0 Å². The van der Waals surface area contributed by atoms with Gasteiger partial charge in [0.2, 0.25) is 0 Å². The van der Waals surface area contributed by atoms with Crippen LogP contribution in [0.3, 0.4) is 0 Å². The van der Waals surface area contributed by atoms with E-state index in [1.165, 1.54) is 5.56 Å².